The summed E-state index contributed by atoms with van der Waals surface area (Å²) < 4.78 is 58.0. The molecule has 342 valence electrons. The number of carbonyl (C=O) groups excluding carboxylic acids is 1. The van der Waals surface area contributed by atoms with Crippen LogP contribution in [0.5, 0.6) is 11.5 Å². The fraction of sp³-hybridized carbons (Fsp3) is 0.510. The highest BCUT2D eigenvalue weighted by molar-refractivity contribution is 6.77. The Balaban J connectivity index is 1.26. The number of hydrogen-bond acceptors (Lipinski definition) is 9. The van der Waals surface area contributed by atoms with E-state index < -0.39 is 14.4 Å². The Morgan fingerprint density at radius 3 is 2.21 bits per heavy atom. The summed E-state index contributed by atoms with van der Waals surface area (Å²) in [6.07, 6.45) is 0.409. The van der Waals surface area contributed by atoms with E-state index in [0.717, 1.165) is 53.4 Å². The first-order valence-electron chi connectivity index (χ1n) is 22.8. The Hall–Kier alpha value is -4.46. The average molecular weight is 885 g/mol. The van der Waals surface area contributed by atoms with Crippen molar-refractivity contribution >= 4 is 20.1 Å². The molecule has 1 amide bonds. The second-order valence-corrected chi connectivity index (χ2v) is 23.1. The van der Waals surface area contributed by atoms with Gasteiger partial charge < -0.3 is 42.6 Å². The fourth-order valence-corrected chi connectivity index (χ4v) is 15.0. The van der Waals surface area contributed by atoms with Crippen LogP contribution in [0.15, 0.2) is 97.1 Å². The number of fused-ring (bicyclic) bond motifs is 1. The molecule has 63 heavy (non-hydrogen) atoms. The van der Waals surface area contributed by atoms with E-state index in [1.165, 1.54) is 6.07 Å². The Morgan fingerprint density at radius 1 is 0.778 bits per heavy atom. The van der Waals surface area contributed by atoms with Crippen LogP contribution in [0.3, 0.4) is 0 Å². The van der Waals surface area contributed by atoms with Crippen molar-refractivity contribution in [2.75, 3.05) is 64.6 Å². The molecule has 0 aliphatic carbocycles. The van der Waals surface area contributed by atoms with Crippen molar-refractivity contribution < 1.29 is 42.0 Å². The number of anilines is 1. The van der Waals surface area contributed by atoms with Gasteiger partial charge in [-0.3, -0.25) is 0 Å². The normalized spacial score (nSPS) is 17.9. The molecule has 0 aromatic heterocycles. The number of nitrogens with zero attached hydrogens (tertiary/aromatic N) is 2. The lowest BCUT2D eigenvalue weighted by Crippen LogP contribution is -2.59. The van der Waals surface area contributed by atoms with Crippen LogP contribution < -0.4 is 14.4 Å². The molecule has 4 aromatic rings. The molecule has 10 nitrogen and oxygen atoms in total. The lowest BCUT2D eigenvalue weighted by atomic mass is 9.84. The number of hydrogen-bond donors (Lipinski definition) is 0. The molecule has 1 saturated heterocycles. The van der Waals surface area contributed by atoms with Gasteiger partial charge >= 0.3 is 6.09 Å². The van der Waals surface area contributed by atoms with Gasteiger partial charge in [0, 0.05) is 44.7 Å². The van der Waals surface area contributed by atoms with Crippen molar-refractivity contribution in [2.24, 2.45) is 0 Å². The van der Waals surface area contributed by atoms with E-state index in [4.69, 9.17) is 32.8 Å². The van der Waals surface area contributed by atoms with E-state index in [9.17, 15) is 9.18 Å². The highest BCUT2D eigenvalue weighted by Crippen LogP contribution is 2.46. The summed E-state index contributed by atoms with van der Waals surface area (Å²) in [5, 5.41) is 0. The largest absolute Gasteiger partial charge is 0.494 e. The van der Waals surface area contributed by atoms with E-state index in [1.807, 2.05) is 54.6 Å². The highest BCUT2D eigenvalue weighted by atomic mass is 28.4. The van der Waals surface area contributed by atoms with Gasteiger partial charge in [0.05, 0.1) is 57.4 Å². The lowest BCUT2D eigenvalue weighted by molar-refractivity contribution is -0.0663. The number of benzene rings is 4. The van der Waals surface area contributed by atoms with Gasteiger partial charge in [0.2, 0.25) is 8.32 Å². The summed E-state index contributed by atoms with van der Waals surface area (Å²) in [6.45, 7) is 19.1. The Bertz CT molecular complexity index is 1980. The smallest absolute Gasteiger partial charge is 0.410 e. The maximum Gasteiger partial charge on any atom is 0.410 e. The monoisotopic (exact) mass is 884 g/mol. The van der Waals surface area contributed by atoms with Crippen LogP contribution in [0.1, 0.15) is 82.6 Å². The van der Waals surface area contributed by atoms with Gasteiger partial charge in [0.15, 0.2) is 0 Å². The number of likely N-dealkylation sites (tertiary alicyclic amines) is 1. The molecule has 4 aromatic carbocycles. The molecule has 0 radical (unpaired) electrons. The van der Waals surface area contributed by atoms with Gasteiger partial charge in [-0.2, -0.15) is 0 Å². The first-order valence-corrected chi connectivity index (χ1v) is 24.9. The van der Waals surface area contributed by atoms with Crippen LogP contribution in [-0.4, -0.2) is 91.2 Å². The number of methoxy groups -OCH3 is 1. The third-order valence-electron chi connectivity index (χ3n) is 12.5. The van der Waals surface area contributed by atoms with Gasteiger partial charge in [-0.25, -0.2) is 9.18 Å². The molecule has 2 heterocycles. The van der Waals surface area contributed by atoms with Crippen LogP contribution in [0.4, 0.5) is 14.9 Å². The fourth-order valence-electron chi connectivity index (χ4n) is 9.48. The Kier molecular flexibility index (Phi) is 17.9. The zero-order valence-corrected chi connectivity index (χ0v) is 39.4. The Labute approximate surface area is 376 Å². The molecule has 0 saturated carbocycles. The molecule has 0 N–H and O–H groups in total. The maximum atomic E-state index is 14.1. The van der Waals surface area contributed by atoms with Gasteiger partial charge in [-0.15, -0.1) is 0 Å². The van der Waals surface area contributed by atoms with Crippen LogP contribution in [0, 0.1) is 5.82 Å². The number of carbonyl (C=O) groups is 1. The van der Waals surface area contributed by atoms with Crippen molar-refractivity contribution in [3.63, 3.8) is 0 Å². The number of ether oxygens (including phenoxy) is 6. The molecule has 2 aliphatic heterocycles. The van der Waals surface area contributed by atoms with Crippen molar-refractivity contribution in [2.45, 2.75) is 109 Å². The van der Waals surface area contributed by atoms with E-state index in [0.29, 0.717) is 74.7 Å². The molecule has 0 bridgehead atoms. The maximum absolute atomic E-state index is 14.1. The van der Waals surface area contributed by atoms with Gasteiger partial charge in [-0.1, -0.05) is 108 Å². The first kappa shape index (κ1) is 48.0. The summed E-state index contributed by atoms with van der Waals surface area (Å²) in [4.78, 5) is 18.2. The standard InChI is InChI=1S/C51H69FN2O8Si/c1-37(2)63(38(3)4,39(5)6)62-49-33-54(51(55)61-34-40-15-9-8-10-16-40)32-48(60-35-41-19-24-47-46(31-41)53(26-30-59-47)25-13-27-56-7)50(49)42-20-22-44(23-21-42)58-29-14-28-57-36-43-17-11-12-18-45(43)52/h8-12,15-24,31,37-39,48-50H,13-14,25-30,32-36H2,1-7H3. The summed E-state index contributed by atoms with van der Waals surface area (Å²) in [6, 6.07) is 30.9. The van der Waals surface area contributed by atoms with Crippen molar-refractivity contribution in [1.29, 1.82) is 0 Å². The van der Waals surface area contributed by atoms with E-state index in [-0.39, 0.29) is 37.1 Å². The SMILES string of the molecule is COCCCN1CCOc2ccc(COC3CN(C(=O)OCc4ccccc4)CC(O[Si](C(C)C)(C(C)C)C(C)C)C3c3ccc(OCCCOCc4ccccc4F)cc3)cc21. The predicted octanol–water partition coefficient (Wildman–Crippen LogP) is 10.9. The highest BCUT2D eigenvalue weighted by Gasteiger charge is 2.51. The number of rotatable bonds is 22. The minimum atomic E-state index is -2.46. The Morgan fingerprint density at radius 2 is 1.49 bits per heavy atom. The van der Waals surface area contributed by atoms with Gasteiger partial charge in [0.1, 0.15) is 30.5 Å². The summed E-state index contributed by atoms with van der Waals surface area (Å²) in [5.41, 5.74) is 5.59. The van der Waals surface area contributed by atoms with Crippen molar-refractivity contribution in [1.82, 2.24) is 4.90 Å². The average Bonchev–Trinajstić information content (AvgIpc) is 3.28. The summed E-state index contributed by atoms with van der Waals surface area (Å²) in [5.74, 6) is 1.15. The van der Waals surface area contributed by atoms with E-state index in [1.54, 1.807) is 24.1 Å². The number of piperidine rings is 1. The number of halogens is 1. The molecular weight excluding hydrogens is 816 g/mol. The van der Waals surface area contributed by atoms with E-state index >= 15 is 0 Å². The minimum Gasteiger partial charge on any atom is -0.494 e. The summed E-state index contributed by atoms with van der Waals surface area (Å²) in [7, 11) is -0.731. The van der Waals surface area contributed by atoms with Crippen LogP contribution in [-0.2, 0) is 43.2 Å². The van der Waals surface area contributed by atoms with Crippen LogP contribution in [0.25, 0.3) is 0 Å². The van der Waals surface area contributed by atoms with Crippen LogP contribution >= 0.6 is 0 Å². The molecule has 1 fully saturated rings. The van der Waals surface area contributed by atoms with Crippen LogP contribution in [0.2, 0.25) is 16.6 Å². The van der Waals surface area contributed by atoms with Gasteiger partial charge in [0.25, 0.3) is 0 Å². The second kappa shape index (κ2) is 23.5. The molecule has 3 atom stereocenters. The molecular formula is C51H69FN2O8Si. The van der Waals surface area contributed by atoms with Crippen molar-refractivity contribution in [3.05, 3.63) is 125 Å². The summed E-state index contributed by atoms with van der Waals surface area (Å²) >= 11 is 0. The molecule has 3 unspecified atom stereocenters. The zero-order chi connectivity index (χ0) is 44.8. The third kappa shape index (κ3) is 12.6. The number of amides is 1. The molecule has 12 heteroatoms. The second-order valence-electron chi connectivity index (χ2n) is 17.7. The third-order valence-corrected chi connectivity index (χ3v) is 18.7. The zero-order valence-electron chi connectivity index (χ0n) is 38.4. The van der Waals surface area contributed by atoms with Gasteiger partial charge in [-0.05, 0) is 70.1 Å². The van der Waals surface area contributed by atoms with E-state index in [2.05, 4.69) is 70.7 Å². The first-order chi connectivity index (χ1) is 30.5. The molecule has 6 rings (SSSR count). The molecule has 0 spiro atoms. The topological polar surface area (TPSA) is 88.2 Å². The minimum absolute atomic E-state index is 0.177. The quantitative estimate of drug-likeness (QED) is 0.0565. The predicted molar refractivity (Wildman–Crippen MR) is 249 cm³/mol. The van der Waals surface area contributed by atoms with Crippen molar-refractivity contribution in [3.8, 4) is 11.5 Å². The molecule has 2 aliphatic rings. The lowest BCUT2D eigenvalue weighted by Gasteiger charge is -2.50.